The Morgan fingerprint density at radius 3 is 3.06 bits per heavy atom. The zero-order valence-corrected chi connectivity index (χ0v) is 9.88. The van der Waals surface area contributed by atoms with Crippen molar-refractivity contribution in [2.75, 3.05) is 26.2 Å². The van der Waals surface area contributed by atoms with E-state index in [0.717, 1.165) is 0 Å². The second-order valence-electron chi connectivity index (χ2n) is 4.48. The molecule has 2 saturated heterocycles. The van der Waals surface area contributed by atoms with Gasteiger partial charge >= 0.3 is 0 Å². The molecule has 0 aromatic rings. The van der Waals surface area contributed by atoms with Gasteiger partial charge in [-0.3, -0.25) is 0 Å². The molecule has 1 atom stereocenters. The van der Waals surface area contributed by atoms with Crippen LogP contribution in [-0.4, -0.2) is 54.0 Å². The molecule has 2 aliphatic rings. The first-order valence-electron chi connectivity index (χ1n) is 5.50. The number of hydrazone groups is 1. The van der Waals surface area contributed by atoms with Crippen molar-refractivity contribution in [3.63, 3.8) is 0 Å². The molecule has 0 saturated carbocycles. The highest BCUT2D eigenvalue weighted by molar-refractivity contribution is 5.81. The Bertz CT molecular complexity index is 344. The highest BCUT2D eigenvalue weighted by Crippen LogP contribution is 2.23. The fourth-order valence-electron chi connectivity index (χ4n) is 1.97. The fraction of sp³-hybridized carbons (Fsp3) is 0.889. The van der Waals surface area contributed by atoms with Gasteiger partial charge in [-0.25, -0.2) is 10.1 Å². The van der Waals surface area contributed by atoms with Crippen molar-refractivity contribution in [2.45, 2.75) is 25.7 Å². The minimum absolute atomic E-state index is 0.0816. The Morgan fingerprint density at radius 1 is 1.71 bits per heavy atom. The third-order valence-electron chi connectivity index (χ3n) is 2.63. The highest BCUT2D eigenvalue weighted by atomic mass is 16.7. The molecule has 17 heavy (non-hydrogen) atoms. The molecule has 0 spiro atoms. The summed E-state index contributed by atoms with van der Waals surface area (Å²) in [6, 6.07) is 0. The largest absolute Gasteiger partial charge is 0.349 e. The van der Waals surface area contributed by atoms with Crippen molar-refractivity contribution in [3.8, 4) is 0 Å². The quantitative estimate of drug-likeness (QED) is 0.536. The summed E-state index contributed by atoms with van der Waals surface area (Å²) in [6.07, 6.45) is -0.0816. The summed E-state index contributed by atoms with van der Waals surface area (Å²) < 4.78 is 11.1. The molecule has 8 nitrogen and oxygen atoms in total. The predicted octanol–water partition coefficient (Wildman–Crippen LogP) is -0.409. The lowest BCUT2D eigenvalue weighted by Crippen LogP contribution is -2.38. The van der Waals surface area contributed by atoms with Gasteiger partial charge in [0.05, 0.1) is 6.61 Å². The van der Waals surface area contributed by atoms with E-state index in [1.807, 2.05) is 13.8 Å². The molecule has 2 aliphatic heterocycles. The van der Waals surface area contributed by atoms with Gasteiger partial charge in [-0.15, -0.1) is 0 Å². The number of guanidine groups is 1. The van der Waals surface area contributed by atoms with Crippen molar-refractivity contribution in [2.24, 2.45) is 5.10 Å². The van der Waals surface area contributed by atoms with Gasteiger partial charge in [-0.05, 0) is 13.8 Å². The summed E-state index contributed by atoms with van der Waals surface area (Å²) in [5, 5.41) is 15.8. The zero-order chi connectivity index (χ0) is 12.5. The SMILES string of the molecule is CC1(C)OCC(CN2CCN/C2=N\[N+](=O)[O-])O1. The first-order valence-corrected chi connectivity index (χ1v) is 5.50. The van der Waals surface area contributed by atoms with E-state index in [4.69, 9.17) is 9.47 Å². The maximum absolute atomic E-state index is 10.3. The average molecular weight is 244 g/mol. The molecule has 2 fully saturated rings. The highest BCUT2D eigenvalue weighted by Gasteiger charge is 2.35. The molecule has 0 amide bonds. The topological polar surface area (TPSA) is 89.2 Å². The minimum atomic E-state index is -0.698. The second kappa shape index (κ2) is 4.46. The van der Waals surface area contributed by atoms with Crippen LogP contribution < -0.4 is 5.32 Å². The molecule has 0 aromatic carbocycles. The number of hydrogen-bond acceptors (Lipinski definition) is 4. The van der Waals surface area contributed by atoms with Gasteiger partial charge in [0.25, 0.3) is 5.96 Å². The molecule has 8 heteroatoms. The van der Waals surface area contributed by atoms with E-state index in [1.165, 1.54) is 0 Å². The summed E-state index contributed by atoms with van der Waals surface area (Å²) in [5.74, 6) is -0.276. The number of nitrogens with one attached hydrogen (secondary N) is 1. The maximum atomic E-state index is 10.3. The Kier molecular flexibility index (Phi) is 3.16. The van der Waals surface area contributed by atoms with E-state index in [9.17, 15) is 10.1 Å². The molecule has 1 N–H and O–H groups in total. The summed E-state index contributed by atoms with van der Waals surface area (Å²) in [7, 11) is 0. The normalized spacial score (nSPS) is 29.6. The van der Waals surface area contributed by atoms with Crippen molar-refractivity contribution in [1.29, 1.82) is 0 Å². The molecule has 96 valence electrons. The molecule has 2 rings (SSSR count). The van der Waals surface area contributed by atoms with Crippen molar-refractivity contribution < 1.29 is 14.5 Å². The van der Waals surface area contributed by atoms with Gasteiger partial charge in [-0.1, -0.05) is 0 Å². The van der Waals surface area contributed by atoms with Crippen LogP contribution in [-0.2, 0) is 9.47 Å². The molecular weight excluding hydrogens is 228 g/mol. The Morgan fingerprint density at radius 2 is 2.47 bits per heavy atom. The molecule has 0 bridgehead atoms. The zero-order valence-electron chi connectivity index (χ0n) is 9.88. The monoisotopic (exact) mass is 244 g/mol. The third-order valence-corrected chi connectivity index (χ3v) is 2.63. The van der Waals surface area contributed by atoms with Crippen LogP contribution >= 0.6 is 0 Å². The van der Waals surface area contributed by atoms with Gasteiger partial charge in [-0.2, -0.15) is 0 Å². The molecule has 0 aromatic heterocycles. The average Bonchev–Trinajstić information content (AvgIpc) is 2.74. The smallest absolute Gasteiger partial charge is 0.271 e. The second-order valence-corrected chi connectivity index (χ2v) is 4.48. The van der Waals surface area contributed by atoms with Crippen LogP contribution in [0.4, 0.5) is 0 Å². The van der Waals surface area contributed by atoms with E-state index in [2.05, 4.69) is 10.4 Å². The standard InChI is InChI=1S/C9H16N4O4/c1-9(2)16-6-7(17-9)5-12-4-3-10-8(12)11-13(14)15/h7H,3-6H2,1-2H3,(H,10,11). The van der Waals surface area contributed by atoms with Gasteiger partial charge < -0.3 is 19.7 Å². The van der Waals surface area contributed by atoms with Crippen LogP contribution in [0.1, 0.15) is 13.8 Å². The van der Waals surface area contributed by atoms with E-state index in [-0.39, 0.29) is 6.10 Å². The van der Waals surface area contributed by atoms with Crippen LogP contribution in [0.5, 0.6) is 0 Å². The van der Waals surface area contributed by atoms with Crippen LogP contribution in [0.25, 0.3) is 0 Å². The van der Waals surface area contributed by atoms with Crippen LogP contribution in [0, 0.1) is 10.1 Å². The summed E-state index contributed by atoms with van der Waals surface area (Å²) in [6.45, 7) is 6.08. The minimum Gasteiger partial charge on any atom is -0.349 e. The first kappa shape index (κ1) is 12.1. The van der Waals surface area contributed by atoms with Crippen molar-refractivity contribution in [1.82, 2.24) is 10.2 Å². The van der Waals surface area contributed by atoms with E-state index in [1.54, 1.807) is 4.90 Å². The van der Waals surface area contributed by atoms with Gasteiger partial charge in [0.15, 0.2) is 10.8 Å². The van der Waals surface area contributed by atoms with E-state index in [0.29, 0.717) is 32.2 Å². The van der Waals surface area contributed by atoms with Gasteiger partial charge in [0.1, 0.15) is 11.2 Å². The van der Waals surface area contributed by atoms with Gasteiger partial charge in [0, 0.05) is 19.6 Å². The van der Waals surface area contributed by atoms with Crippen LogP contribution in [0.15, 0.2) is 5.10 Å². The summed E-state index contributed by atoms with van der Waals surface area (Å²) >= 11 is 0. The Labute approximate surface area is 98.7 Å². The van der Waals surface area contributed by atoms with Gasteiger partial charge in [0.2, 0.25) is 0 Å². The Hall–Kier alpha value is -1.41. The number of ether oxygens (including phenoxy) is 2. The molecular formula is C9H16N4O4. The Balaban J connectivity index is 1.93. The van der Waals surface area contributed by atoms with E-state index >= 15 is 0 Å². The predicted molar refractivity (Wildman–Crippen MR) is 58.9 cm³/mol. The third kappa shape index (κ3) is 3.04. The lowest BCUT2D eigenvalue weighted by Gasteiger charge is -2.21. The molecule has 0 radical (unpaired) electrons. The van der Waals surface area contributed by atoms with E-state index < -0.39 is 10.8 Å². The number of hydrogen-bond donors (Lipinski definition) is 1. The number of nitro groups is 1. The van der Waals surface area contributed by atoms with Crippen molar-refractivity contribution >= 4 is 5.96 Å². The lowest BCUT2D eigenvalue weighted by molar-refractivity contribution is -0.485. The summed E-state index contributed by atoms with van der Waals surface area (Å²) in [5.41, 5.74) is 0. The number of rotatable bonds is 3. The molecule has 1 unspecified atom stereocenters. The lowest BCUT2D eigenvalue weighted by atomic mass is 10.3. The van der Waals surface area contributed by atoms with Crippen LogP contribution in [0.3, 0.4) is 0 Å². The molecule has 2 heterocycles. The van der Waals surface area contributed by atoms with Crippen LogP contribution in [0.2, 0.25) is 0 Å². The maximum Gasteiger partial charge on any atom is 0.271 e. The van der Waals surface area contributed by atoms with Crippen molar-refractivity contribution in [3.05, 3.63) is 10.1 Å². The first-order chi connectivity index (χ1) is 7.96. The molecule has 0 aliphatic carbocycles. The fourth-order valence-corrected chi connectivity index (χ4v) is 1.97. The number of nitrogens with zero attached hydrogens (tertiary/aromatic N) is 3. The summed E-state index contributed by atoms with van der Waals surface area (Å²) in [4.78, 5) is 12.1.